The molecular weight excluding hydrogens is 344 g/mol. The van der Waals surface area contributed by atoms with Crippen LogP contribution in [-0.4, -0.2) is 15.2 Å². The summed E-state index contributed by atoms with van der Waals surface area (Å²) in [5.74, 6) is 0.786. The molecule has 0 atom stereocenters. The minimum absolute atomic E-state index is 0.786. The largest absolute Gasteiger partial charge is 0.330 e. The maximum Gasteiger partial charge on any atom is 0.210 e. The topological polar surface area (TPSA) is 50.7 Å². The minimum atomic E-state index is 0.786. The lowest BCUT2D eigenvalue weighted by molar-refractivity contribution is 1.04. The number of thiazole rings is 1. The van der Waals surface area contributed by atoms with Crippen molar-refractivity contribution in [2.24, 2.45) is 0 Å². The Labute approximate surface area is 145 Å². The number of fused-ring (bicyclic) bond motifs is 1. The summed E-state index contributed by atoms with van der Waals surface area (Å²) in [6.07, 6.45) is 0. The first-order chi connectivity index (χ1) is 11.4. The Hall–Kier alpha value is -1.96. The van der Waals surface area contributed by atoms with Crippen LogP contribution in [-0.2, 0) is 5.75 Å². The second-order valence-corrected chi connectivity index (χ2v) is 8.04. The van der Waals surface area contributed by atoms with Crippen LogP contribution < -0.4 is 5.32 Å². The highest BCUT2D eigenvalue weighted by molar-refractivity contribution is 8.00. The molecule has 1 N–H and O–H groups in total. The molecule has 0 aliphatic heterocycles. The summed E-state index contributed by atoms with van der Waals surface area (Å²) in [7, 11) is 0. The van der Waals surface area contributed by atoms with E-state index < -0.39 is 0 Å². The summed E-state index contributed by atoms with van der Waals surface area (Å²) in [4.78, 5) is 4.62. The van der Waals surface area contributed by atoms with Crippen LogP contribution in [0.15, 0.2) is 58.9 Å². The number of rotatable bonds is 5. The van der Waals surface area contributed by atoms with Gasteiger partial charge in [-0.3, -0.25) is 0 Å². The number of nitrogens with one attached hydrogen (secondary N) is 1. The molecule has 0 radical (unpaired) electrons. The van der Waals surface area contributed by atoms with Crippen molar-refractivity contribution in [1.82, 2.24) is 15.2 Å². The Morgan fingerprint density at radius 1 is 0.913 bits per heavy atom. The fourth-order valence-corrected chi connectivity index (χ4v) is 4.86. The van der Waals surface area contributed by atoms with Crippen LogP contribution in [0.3, 0.4) is 0 Å². The van der Waals surface area contributed by atoms with Gasteiger partial charge in [-0.25, -0.2) is 4.98 Å². The number of anilines is 2. The monoisotopic (exact) mass is 356 g/mol. The standard InChI is InChI=1S/C16H12N4S3/c1-2-6-11(7-3-1)17-15-20-19-14(23-15)10-21-16-18-12-8-4-5-9-13(12)22-16/h1-9H,10H2,(H,17,20). The average molecular weight is 357 g/mol. The van der Waals surface area contributed by atoms with Crippen LogP contribution in [0.4, 0.5) is 10.8 Å². The Kier molecular flexibility index (Phi) is 4.23. The summed E-state index contributed by atoms with van der Waals surface area (Å²) in [5, 5.41) is 13.5. The zero-order chi connectivity index (χ0) is 15.5. The molecule has 0 amide bonds. The molecule has 0 unspecified atom stereocenters. The Balaban J connectivity index is 1.41. The quantitative estimate of drug-likeness (QED) is 0.499. The average Bonchev–Trinajstić information content (AvgIpc) is 3.20. The molecule has 4 rings (SSSR count). The van der Waals surface area contributed by atoms with E-state index in [2.05, 4.69) is 26.6 Å². The SMILES string of the molecule is c1ccc(Nc2nnc(CSc3nc4ccccc4s3)s2)cc1. The predicted octanol–water partition coefficient (Wildman–Crippen LogP) is 5.18. The van der Waals surface area contributed by atoms with E-state index in [9.17, 15) is 0 Å². The summed E-state index contributed by atoms with van der Waals surface area (Å²) >= 11 is 5.00. The molecule has 2 aromatic heterocycles. The molecule has 7 heteroatoms. The third kappa shape index (κ3) is 3.52. The summed E-state index contributed by atoms with van der Waals surface area (Å²) in [6.45, 7) is 0. The molecule has 2 heterocycles. The summed E-state index contributed by atoms with van der Waals surface area (Å²) < 4.78 is 2.29. The summed E-state index contributed by atoms with van der Waals surface area (Å²) in [6, 6.07) is 18.2. The molecule has 0 aliphatic rings. The van der Waals surface area contributed by atoms with Crippen molar-refractivity contribution in [3.63, 3.8) is 0 Å². The van der Waals surface area contributed by atoms with Gasteiger partial charge in [0.2, 0.25) is 5.13 Å². The highest BCUT2D eigenvalue weighted by Gasteiger charge is 2.08. The molecule has 4 aromatic rings. The van der Waals surface area contributed by atoms with Crippen LogP contribution in [0.25, 0.3) is 10.2 Å². The van der Waals surface area contributed by atoms with Gasteiger partial charge in [0.05, 0.1) is 16.0 Å². The van der Waals surface area contributed by atoms with E-state index in [0.717, 1.165) is 31.4 Å². The summed E-state index contributed by atoms with van der Waals surface area (Å²) in [5.41, 5.74) is 2.08. The lowest BCUT2D eigenvalue weighted by Gasteiger charge is -1.99. The number of hydrogen-bond acceptors (Lipinski definition) is 7. The second-order valence-electron chi connectivity index (χ2n) is 4.73. The maximum atomic E-state index is 4.62. The van der Waals surface area contributed by atoms with E-state index in [4.69, 9.17) is 0 Å². The van der Waals surface area contributed by atoms with Crippen molar-refractivity contribution in [3.05, 3.63) is 59.6 Å². The van der Waals surface area contributed by atoms with Gasteiger partial charge >= 0.3 is 0 Å². The molecule has 0 aliphatic carbocycles. The molecule has 114 valence electrons. The second kappa shape index (κ2) is 6.66. The number of aromatic nitrogens is 3. The van der Waals surface area contributed by atoms with Crippen molar-refractivity contribution in [1.29, 1.82) is 0 Å². The Morgan fingerprint density at radius 3 is 2.61 bits per heavy atom. The molecule has 0 saturated heterocycles. The van der Waals surface area contributed by atoms with E-state index in [1.54, 1.807) is 34.4 Å². The molecule has 0 spiro atoms. The van der Waals surface area contributed by atoms with E-state index >= 15 is 0 Å². The zero-order valence-electron chi connectivity index (χ0n) is 12.0. The van der Waals surface area contributed by atoms with E-state index in [1.165, 1.54) is 4.70 Å². The molecular formula is C16H12N4S3. The number of benzene rings is 2. The molecule has 0 saturated carbocycles. The number of hydrogen-bond donors (Lipinski definition) is 1. The molecule has 0 fully saturated rings. The zero-order valence-corrected chi connectivity index (χ0v) is 14.4. The van der Waals surface area contributed by atoms with Gasteiger partial charge in [-0.2, -0.15) is 0 Å². The van der Waals surface area contributed by atoms with E-state index in [1.807, 2.05) is 48.5 Å². The lowest BCUT2D eigenvalue weighted by Crippen LogP contribution is -1.87. The van der Waals surface area contributed by atoms with Gasteiger partial charge in [0, 0.05) is 5.69 Å². The van der Waals surface area contributed by atoms with Crippen LogP contribution in [0.5, 0.6) is 0 Å². The van der Waals surface area contributed by atoms with Gasteiger partial charge in [0.15, 0.2) is 4.34 Å². The highest BCUT2D eigenvalue weighted by atomic mass is 32.2. The van der Waals surface area contributed by atoms with Gasteiger partial charge in [0.1, 0.15) is 5.01 Å². The molecule has 2 aromatic carbocycles. The van der Waals surface area contributed by atoms with Gasteiger partial charge in [0.25, 0.3) is 0 Å². The van der Waals surface area contributed by atoms with Crippen LogP contribution in [0.2, 0.25) is 0 Å². The van der Waals surface area contributed by atoms with Crippen molar-refractivity contribution in [2.45, 2.75) is 10.1 Å². The van der Waals surface area contributed by atoms with Gasteiger partial charge in [-0.1, -0.05) is 53.4 Å². The molecule has 23 heavy (non-hydrogen) atoms. The van der Waals surface area contributed by atoms with Crippen molar-refractivity contribution in [3.8, 4) is 0 Å². The third-order valence-electron chi connectivity index (χ3n) is 3.09. The Morgan fingerprint density at radius 2 is 1.74 bits per heavy atom. The first kappa shape index (κ1) is 14.6. The van der Waals surface area contributed by atoms with Crippen molar-refractivity contribution in [2.75, 3.05) is 5.32 Å². The fraction of sp³-hybridized carbons (Fsp3) is 0.0625. The van der Waals surface area contributed by atoms with Crippen molar-refractivity contribution >= 4 is 55.5 Å². The predicted molar refractivity (Wildman–Crippen MR) is 98.8 cm³/mol. The number of thioether (sulfide) groups is 1. The third-order valence-corrected chi connectivity index (χ3v) is 6.30. The molecule has 0 bridgehead atoms. The smallest absolute Gasteiger partial charge is 0.210 e. The highest BCUT2D eigenvalue weighted by Crippen LogP contribution is 2.32. The van der Waals surface area contributed by atoms with Crippen LogP contribution in [0.1, 0.15) is 5.01 Å². The van der Waals surface area contributed by atoms with Crippen LogP contribution in [0, 0.1) is 0 Å². The lowest BCUT2D eigenvalue weighted by atomic mass is 10.3. The maximum absolute atomic E-state index is 4.62. The van der Waals surface area contributed by atoms with Gasteiger partial charge < -0.3 is 5.32 Å². The number of para-hydroxylation sites is 2. The van der Waals surface area contributed by atoms with Crippen molar-refractivity contribution < 1.29 is 0 Å². The first-order valence-corrected chi connectivity index (χ1v) is 9.61. The van der Waals surface area contributed by atoms with E-state index in [-0.39, 0.29) is 0 Å². The van der Waals surface area contributed by atoms with E-state index in [0.29, 0.717) is 0 Å². The minimum Gasteiger partial charge on any atom is -0.330 e. The fourth-order valence-electron chi connectivity index (χ4n) is 2.04. The van der Waals surface area contributed by atoms with Gasteiger partial charge in [-0.15, -0.1) is 21.5 Å². The van der Waals surface area contributed by atoms with Gasteiger partial charge in [-0.05, 0) is 24.3 Å². The first-order valence-electron chi connectivity index (χ1n) is 7.00. The normalized spacial score (nSPS) is 11.0. The molecule has 4 nitrogen and oxygen atoms in total. The Bertz CT molecular complexity index is 884. The van der Waals surface area contributed by atoms with Crippen LogP contribution >= 0.6 is 34.4 Å². The number of nitrogens with zero attached hydrogens (tertiary/aromatic N) is 3.